The van der Waals surface area contributed by atoms with Gasteiger partial charge in [0, 0.05) is 0 Å². The lowest BCUT2D eigenvalue weighted by molar-refractivity contribution is 0.210. The van der Waals surface area contributed by atoms with E-state index in [0.717, 1.165) is 12.8 Å². The largest absolute Gasteiger partial charge is 0.394 e. The molecule has 0 bridgehead atoms. The molecule has 2 rings (SSSR count). The van der Waals surface area contributed by atoms with Crippen molar-refractivity contribution >= 4 is 18.8 Å². The van der Waals surface area contributed by atoms with Gasteiger partial charge in [-0.1, -0.05) is 31.0 Å². The van der Waals surface area contributed by atoms with Gasteiger partial charge < -0.3 is 10.4 Å². The second-order valence-electron chi connectivity index (χ2n) is 4.53. The van der Waals surface area contributed by atoms with Crippen LogP contribution >= 0.6 is 12.8 Å². The number of nitrogens with zero attached hydrogens (tertiary/aromatic N) is 1. The predicted octanol–water partition coefficient (Wildman–Crippen LogP) is 1.83. The maximum absolute atomic E-state index is 11.8. The molecular formula is C13H18N2O2S. The highest BCUT2D eigenvalue weighted by molar-refractivity contribution is 7.78. The van der Waals surface area contributed by atoms with E-state index < -0.39 is 0 Å². The van der Waals surface area contributed by atoms with Crippen LogP contribution in [0, 0.1) is 6.92 Å². The molecular weight excluding hydrogens is 248 g/mol. The van der Waals surface area contributed by atoms with Crippen LogP contribution in [0.2, 0.25) is 0 Å². The Balaban J connectivity index is 2.06. The van der Waals surface area contributed by atoms with Crippen molar-refractivity contribution in [2.45, 2.75) is 25.8 Å². The van der Waals surface area contributed by atoms with Crippen molar-refractivity contribution in [2.75, 3.05) is 13.2 Å². The first-order valence-corrected chi connectivity index (χ1v) is 6.49. The fourth-order valence-electron chi connectivity index (χ4n) is 2.41. The van der Waals surface area contributed by atoms with Gasteiger partial charge in [0.05, 0.1) is 19.2 Å². The lowest BCUT2D eigenvalue weighted by Crippen LogP contribution is -2.37. The summed E-state index contributed by atoms with van der Waals surface area (Å²) < 4.78 is 1.20. The molecule has 0 saturated carbocycles. The fraction of sp³-hybridized carbons (Fsp3) is 0.462. The number of nitrogens with one attached hydrogen (secondary N) is 1. The number of fused-ring (bicyclic) bond motifs is 1. The van der Waals surface area contributed by atoms with Crippen LogP contribution in [0.3, 0.4) is 0 Å². The Bertz CT molecular complexity index is 451. The van der Waals surface area contributed by atoms with Crippen LogP contribution in [0.4, 0.5) is 4.79 Å². The number of carbonyl (C=O) groups excluding carboxylic acids is 1. The van der Waals surface area contributed by atoms with Gasteiger partial charge in [0.25, 0.3) is 0 Å². The molecule has 0 spiro atoms. The molecule has 0 aliphatic heterocycles. The molecule has 0 radical (unpaired) electrons. The molecule has 1 aromatic carbocycles. The first-order valence-electron chi connectivity index (χ1n) is 6.09. The molecule has 2 amide bonds. The summed E-state index contributed by atoms with van der Waals surface area (Å²) in [6.07, 6.45) is 1.92. The summed E-state index contributed by atoms with van der Waals surface area (Å²) >= 11 is 4.03. The Hall–Kier alpha value is -1.20. The molecule has 0 aromatic heterocycles. The minimum Gasteiger partial charge on any atom is -0.394 e. The van der Waals surface area contributed by atoms with E-state index in [-0.39, 0.29) is 25.2 Å². The van der Waals surface area contributed by atoms with Crippen LogP contribution < -0.4 is 5.32 Å². The van der Waals surface area contributed by atoms with Crippen LogP contribution in [0.1, 0.15) is 29.2 Å². The second kappa shape index (κ2) is 5.63. The SMILES string of the molecule is Cc1cccc2c1CCC2NC(=O)N(S)CCO. The Kier molecular flexibility index (Phi) is 4.14. The van der Waals surface area contributed by atoms with Gasteiger partial charge in [-0.3, -0.25) is 4.31 Å². The van der Waals surface area contributed by atoms with E-state index in [2.05, 4.69) is 37.2 Å². The molecule has 98 valence electrons. The van der Waals surface area contributed by atoms with Crippen molar-refractivity contribution in [1.29, 1.82) is 0 Å². The average molecular weight is 266 g/mol. The van der Waals surface area contributed by atoms with E-state index in [4.69, 9.17) is 5.11 Å². The monoisotopic (exact) mass is 266 g/mol. The zero-order valence-corrected chi connectivity index (χ0v) is 11.3. The minimum absolute atomic E-state index is 0.0562. The number of benzene rings is 1. The van der Waals surface area contributed by atoms with Crippen molar-refractivity contribution in [3.8, 4) is 0 Å². The van der Waals surface area contributed by atoms with E-state index in [1.165, 1.54) is 21.0 Å². The third kappa shape index (κ3) is 2.62. The van der Waals surface area contributed by atoms with Crippen LogP contribution in [-0.4, -0.2) is 28.6 Å². The topological polar surface area (TPSA) is 52.6 Å². The molecule has 4 nitrogen and oxygen atoms in total. The second-order valence-corrected chi connectivity index (χ2v) is 5.01. The van der Waals surface area contributed by atoms with Crippen molar-refractivity contribution in [3.05, 3.63) is 34.9 Å². The lowest BCUT2D eigenvalue weighted by atomic mass is 10.0. The third-order valence-electron chi connectivity index (χ3n) is 3.35. The third-order valence-corrected chi connectivity index (χ3v) is 3.73. The highest BCUT2D eigenvalue weighted by atomic mass is 32.1. The number of aryl methyl sites for hydroxylation is 1. The molecule has 1 unspecified atom stereocenters. The van der Waals surface area contributed by atoms with Crippen molar-refractivity contribution in [1.82, 2.24) is 9.62 Å². The zero-order valence-electron chi connectivity index (χ0n) is 10.4. The molecule has 1 aliphatic rings. The number of amides is 2. The highest BCUT2D eigenvalue weighted by Gasteiger charge is 2.25. The molecule has 0 heterocycles. The molecule has 0 saturated heterocycles. The number of aliphatic hydroxyl groups is 1. The van der Waals surface area contributed by atoms with Gasteiger partial charge in [0.2, 0.25) is 0 Å². The van der Waals surface area contributed by atoms with Gasteiger partial charge in [0.15, 0.2) is 0 Å². The molecule has 2 N–H and O–H groups in total. The van der Waals surface area contributed by atoms with Crippen molar-refractivity contribution in [2.24, 2.45) is 0 Å². The van der Waals surface area contributed by atoms with E-state index in [1.54, 1.807) is 0 Å². The highest BCUT2D eigenvalue weighted by Crippen LogP contribution is 2.33. The zero-order chi connectivity index (χ0) is 13.1. The summed E-state index contributed by atoms with van der Waals surface area (Å²) in [7, 11) is 0. The summed E-state index contributed by atoms with van der Waals surface area (Å²) in [5, 5.41) is 11.7. The number of thiol groups is 1. The van der Waals surface area contributed by atoms with Gasteiger partial charge in [-0.15, -0.1) is 0 Å². The molecule has 5 heteroatoms. The van der Waals surface area contributed by atoms with E-state index in [1.807, 2.05) is 6.07 Å². The maximum atomic E-state index is 11.8. The summed E-state index contributed by atoms with van der Waals surface area (Å²) in [4.78, 5) is 11.8. The van der Waals surface area contributed by atoms with Crippen LogP contribution in [0.25, 0.3) is 0 Å². The summed E-state index contributed by atoms with van der Waals surface area (Å²) in [5.41, 5.74) is 3.83. The van der Waals surface area contributed by atoms with E-state index in [9.17, 15) is 4.79 Å². The molecule has 0 fully saturated rings. The van der Waals surface area contributed by atoms with Gasteiger partial charge in [-0.05, 0) is 36.5 Å². The smallest absolute Gasteiger partial charge is 0.327 e. The Morgan fingerprint density at radius 2 is 2.39 bits per heavy atom. The normalized spacial score (nSPS) is 17.4. The average Bonchev–Trinajstić information content (AvgIpc) is 2.74. The van der Waals surface area contributed by atoms with E-state index in [0.29, 0.717) is 0 Å². The predicted molar refractivity (Wildman–Crippen MR) is 73.6 cm³/mol. The quantitative estimate of drug-likeness (QED) is 0.731. The van der Waals surface area contributed by atoms with Gasteiger partial charge in [-0.2, -0.15) is 0 Å². The van der Waals surface area contributed by atoms with Crippen LogP contribution in [0.15, 0.2) is 18.2 Å². The van der Waals surface area contributed by atoms with Crippen LogP contribution in [0.5, 0.6) is 0 Å². The first-order chi connectivity index (χ1) is 8.63. The van der Waals surface area contributed by atoms with Crippen molar-refractivity contribution < 1.29 is 9.90 Å². The number of hydrogen-bond acceptors (Lipinski definition) is 3. The van der Waals surface area contributed by atoms with Crippen LogP contribution in [-0.2, 0) is 6.42 Å². The summed E-state index contributed by atoms with van der Waals surface area (Å²) in [6, 6.07) is 5.98. The number of hydrogen-bond donors (Lipinski definition) is 3. The number of aliphatic hydroxyl groups excluding tert-OH is 1. The number of rotatable bonds is 3. The summed E-state index contributed by atoms with van der Waals surface area (Å²) in [5.74, 6) is 0. The maximum Gasteiger partial charge on any atom is 0.327 e. The Morgan fingerprint density at radius 3 is 3.11 bits per heavy atom. The number of urea groups is 1. The van der Waals surface area contributed by atoms with Gasteiger partial charge in [0.1, 0.15) is 0 Å². The Labute approximate surface area is 113 Å². The summed E-state index contributed by atoms with van der Waals surface area (Å²) in [6.45, 7) is 2.24. The van der Waals surface area contributed by atoms with E-state index >= 15 is 0 Å². The fourth-order valence-corrected chi connectivity index (χ4v) is 2.55. The Morgan fingerprint density at radius 1 is 1.61 bits per heavy atom. The van der Waals surface area contributed by atoms with Crippen molar-refractivity contribution in [3.63, 3.8) is 0 Å². The van der Waals surface area contributed by atoms with Gasteiger partial charge >= 0.3 is 6.03 Å². The molecule has 1 aliphatic carbocycles. The molecule has 1 atom stereocenters. The number of carbonyl (C=O) groups is 1. The first kappa shape index (κ1) is 13.2. The lowest BCUT2D eigenvalue weighted by Gasteiger charge is -2.19. The van der Waals surface area contributed by atoms with Gasteiger partial charge in [-0.25, -0.2) is 4.79 Å². The standard InChI is InChI=1S/C13H18N2O2S/c1-9-3-2-4-11-10(9)5-6-12(11)14-13(17)15(18)7-8-16/h2-4,12,16,18H,5-8H2,1H3,(H,14,17). The molecule has 18 heavy (non-hydrogen) atoms. The minimum atomic E-state index is -0.258. The molecule has 1 aromatic rings.